The lowest BCUT2D eigenvalue weighted by Crippen LogP contribution is -2.30. The molecule has 3 nitrogen and oxygen atoms in total. The van der Waals surface area contributed by atoms with E-state index in [0.717, 1.165) is 16.2 Å². The molecule has 7 heteroatoms. The summed E-state index contributed by atoms with van der Waals surface area (Å²) in [6.07, 6.45) is -4.97. The number of rotatable bonds is 2. The van der Waals surface area contributed by atoms with Gasteiger partial charge < -0.3 is 5.32 Å². The number of nitrogens with one attached hydrogen (secondary N) is 1. The Morgan fingerprint density at radius 2 is 1.74 bits per heavy atom. The van der Waals surface area contributed by atoms with Gasteiger partial charge in [0.05, 0.1) is 10.6 Å². The molecule has 0 spiro atoms. The van der Waals surface area contributed by atoms with Gasteiger partial charge in [0.25, 0.3) is 0 Å². The van der Waals surface area contributed by atoms with Gasteiger partial charge in [-0.15, -0.1) is 11.3 Å². The van der Waals surface area contributed by atoms with E-state index in [4.69, 9.17) is 0 Å². The molecule has 0 aliphatic heterocycles. The average molecular weight is 293 g/mol. The van der Waals surface area contributed by atoms with Crippen molar-refractivity contribution in [3.63, 3.8) is 0 Å². The SMILES string of the molecule is CC(=O)c1sc(C(C)(C)C)cc1NC(=O)C(F)(F)F. The molecular formula is C12H14F3NO2S. The van der Waals surface area contributed by atoms with Crippen molar-refractivity contribution in [3.05, 3.63) is 15.8 Å². The molecule has 0 aliphatic rings. The minimum atomic E-state index is -4.97. The third-order valence-electron chi connectivity index (χ3n) is 2.30. The van der Waals surface area contributed by atoms with Gasteiger partial charge in [-0.3, -0.25) is 9.59 Å². The van der Waals surface area contributed by atoms with Crippen LogP contribution in [0.15, 0.2) is 6.07 Å². The fourth-order valence-corrected chi connectivity index (χ4v) is 2.37. The Balaban J connectivity index is 3.17. The predicted octanol–water partition coefficient (Wildman–Crippen LogP) is 3.75. The van der Waals surface area contributed by atoms with Crippen LogP contribution in [0, 0.1) is 0 Å². The minimum absolute atomic E-state index is 0.0789. The third-order valence-corrected chi connectivity index (χ3v) is 3.96. The van der Waals surface area contributed by atoms with E-state index in [1.807, 2.05) is 20.8 Å². The highest BCUT2D eigenvalue weighted by atomic mass is 32.1. The number of alkyl halides is 3. The van der Waals surface area contributed by atoms with E-state index in [-0.39, 0.29) is 21.8 Å². The maximum absolute atomic E-state index is 12.2. The lowest BCUT2D eigenvalue weighted by Gasteiger charge is -2.15. The van der Waals surface area contributed by atoms with Crippen molar-refractivity contribution in [2.45, 2.75) is 39.3 Å². The van der Waals surface area contributed by atoms with Gasteiger partial charge in [0.2, 0.25) is 0 Å². The van der Waals surface area contributed by atoms with Crippen molar-refractivity contribution in [1.82, 2.24) is 0 Å². The maximum atomic E-state index is 12.2. The monoisotopic (exact) mass is 293 g/mol. The Morgan fingerprint density at radius 3 is 2.11 bits per heavy atom. The van der Waals surface area contributed by atoms with Crippen LogP contribution in [0.5, 0.6) is 0 Å². The first kappa shape index (κ1) is 15.7. The first-order chi connectivity index (χ1) is 8.43. The van der Waals surface area contributed by atoms with E-state index in [1.165, 1.54) is 13.0 Å². The van der Waals surface area contributed by atoms with Gasteiger partial charge in [0.15, 0.2) is 5.78 Å². The standard InChI is InChI=1S/C12H14F3NO2S/c1-6(17)9-7(16-10(18)12(13,14)15)5-8(19-9)11(2,3)4/h5H,1-4H3,(H,16,18). The van der Waals surface area contributed by atoms with Gasteiger partial charge in [-0.2, -0.15) is 13.2 Å². The molecule has 1 aromatic rings. The molecule has 0 atom stereocenters. The van der Waals surface area contributed by atoms with Crippen molar-refractivity contribution < 1.29 is 22.8 Å². The summed E-state index contributed by atoms with van der Waals surface area (Å²) in [4.78, 5) is 23.2. The normalized spacial score (nSPS) is 12.4. The fraction of sp³-hybridized carbons (Fsp3) is 0.500. The summed E-state index contributed by atoms with van der Waals surface area (Å²) >= 11 is 1.10. The smallest absolute Gasteiger partial charge is 0.317 e. The second kappa shape index (κ2) is 4.96. The molecular weight excluding hydrogens is 279 g/mol. The third kappa shape index (κ3) is 3.79. The Morgan fingerprint density at radius 1 is 1.21 bits per heavy atom. The van der Waals surface area contributed by atoms with E-state index in [2.05, 4.69) is 0 Å². The minimum Gasteiger partial charge on any atom is -0.317 e. The van der Waals surface area contributed by atoms with Gasteiger partial charge in [0, 0.05) is 11.8 Å². The molecule has 0 fully saturated rings. The molecule has 19 heavy (non-hydrogen) atoms. The lowest BCUT2D eigenvalue weighted by atomic mass is 9.94. The molecule has 0 bridgehead atoms. The molecule has 0 unspecified atom stereocenters. The van der Waals surface area contributed by atoms with Crippen molar-refractivity contribution in [3.8, 4) is 0 Å². The zero-order valence-electron chi connectivity index (χ0n) is 10.9. The Labute approximate surface area is 112 Å². The van der Waals surface area contributed by atoms with Crippen molar-refractivity contribution >= 4 is 28.7 Å². The number of Topliss-reactive ketones (excluding diaryl/α,β-unsaturated/α-hetero) is 1. The number of carbonyl (C=O) groups is 2. The Hall–Kier alpha value is -1.37. The van der Waals surface area contributed by atoms with Crippen molar-refractivity contribution in [1.29, 1.82) is 0 Å². The molecule has 106 valence electrons. The van der Waals surface area contributed by atoms with Crippen LogP contribution in [0.3, 0.4) is 0 Å². The molecule has 1 N–H and O–H groups in total. The van der Waals surface area contributed by atoms with Crippen molar-refractivity contribution in [2.24, 2.45) is 0 Å². The zero-order valence-corrected chi connectivity index (χ0v) is 11.8. The van der Waals surface area contributed by atoms with E-state index in [1.54, 1.807) is 5.32 Å². The van der Waals surface area contributed by atoms with Gasteiger partial charge in [-0.25, -0.2) is 0 Å². The molecule has 1 aromatic heterocycles. The van der Waals surface area contributed by atoms with Crippen LogP contribution in [-0.4, -0.2) is 17.9 Å². The topological polar surface area (TPSA) is 46.2 Å². The molecule has 0 aliphatic carbocycles. The first-order valence-electron chi connectivity index (χ1n) is 5.46. The summed E-state index contributed by atoms with van der Waals surface area (Å²) in [5.41, 5.74) is -0.388. The van der Waals surface area contributed by atoms with Gasteiger partial charge in [-0.1, -0.05) is 20.8 Å². The summed E-state index contributed by atoms with van der Waals surface area (Å²) in [6.45, 7) is 6.87. The number of amides is 1. The van der Waals surface area contributed by atoms with Crippen LogP contribution in [0.1, 0.15) is 42.2 Å². The van der Waals surface area contributed by atoms with Gasteiger partial charge in [-0.05, 0) is 11.5 Å². The quantitative estimate of drug-likeness (QED) is 0.844. The number of thiophene rings is 1. The fourth-order valence-electron chi connectivity index (χ4n) is 1.31. The number of hydrogen-bond donors (Lipinski definition) is 1. The molecule has 0 saturated carbocycles. The molecule has 0 saturated heterocycles. The highest BCUT2D eigenvalue weighted by Gasteiger charge is 2.39. The summed E-state index contributed by atoms with van der Waals surface area (Å²) in [6, 6.07) is 1.42. The highest BCUT2D eigenvalue weighted by Crippen LogP contribution is 2.36. The van der Waals surface area contributed by atoms with E-state index < -0.39 is 12.1 Å². The first-order valence-corrected chi connectivity index (χ1v) is 6.28. The van der Waals surface area contributed by atoms with Crippen LogP contribution < -0.4 is 5.32 Å². The largest absolute Gasteiger partial charge is 0.471 e. The Bertz CT molecular complexity index is 512. The Kier molecular flexibility index (Phi) is 4.09. The summed E-state index contributed by atoms with van der Waals surface area (Å²) in [5.74, 6) is -2.45. The van der Waals surface area contributed by atoms with E-state index in [9.17, 15) is 22.8 Å². The number of anilines is 1. The van der Waals surface area contributed by atoms with Crippen LogP contribution in [-0.2, 0) is 10.2 Å². The summed E-state index contributed by atoms with van der Waals surface area (Å²) in [7, 11) is 0. The van der Waals surface area contributed by atoms with Crippen LogP contribution in [0.4, 0.5) is 18.9 Å². The zero-order chi connectivity index (χ0) is 15.0. The van der Waals surface area contributed by atoms with Crippen LogP contribution in [0.2, 0.25) is 0 Å². The maximum Gasteiger partial charge on any atom is 0.471 e. The average Bonchev–Trinajstić information content (AvgIpc) is 2.59. The number of hydrogen-bond acceptors (Lipinski definition) is 3. The molecule has 1 rings (SSSR count). The molecule has 1 amide bonds. The van der Waals surface area contributed by atoms with Crippen molar-refractivity contribution in [2.75, 3.05) is 5.32 Å². The highest BCUT2D eigenvalue weighted by molar-refractivity contribution is 7.14. The molecule has 0 radical (unpaired) electrons. The number of carbonyl (C=O) groups excluding carboxylic acids is 2. The predicted molar refractivity (Wildman–Crippen MR) is 67.7 cm³/mol. The van der Waals surface area contributed by atoms with E-state index in [0.29, 0.717) is 0 Å². The van der Waals surface area contributed by atoms with Gasteiger partial charge >= 0.3 is 12.1 Å². The van der Waals surface area contributed by atoms with Gasteiger partial charge in [0.1, 0.15) is 0 Å². The number of halogens is 3. The lowest BCUT2D eigenvalue weighted by molar-refractivity contribution is -0.167. The number of ketones is 1. The molecule has 0 aromatic carbocycles. The van der Waals surface area contributed by atoms with Crippen LogP contribution in [0.25, 0.3) is 0 Å². The summed E-state index contributed by atoms with van der Waals surface area (Å²) in [5, 5.41) is 1.75. The van der Waals surface area contributed by atoms with Crippen LogP contribution >= 0.6 is 11.3 Å². The second-order valence-corrected chi connectivity index (χ2v) is 6.16. The molecule has 1 heterocycles. The van der Waals surface area contributed by atoms with E-state index >= 15 is 0 Å². The second-order valence-electron chi connectivity index (χ2n) is 5.11. The summed E-state index contributed by atoms with van der Waals surface area (Å²) < 4.78 is 36.6.